The topological polar surface area (TPSA) is 19.6 Å². The Morgan fingerprint density at radius 1 is 1.24 bits per heavy atom. The van der Waals surface area contributed by atoms with E-state index in [9.17, 15) is 0 Å². The number of rotatable bonds is 1. The standard InChI is InChI=1S/C18H20N2O/c1-12-10-18-15(14-6-4-5-7-17(14)21-18)11-16(12)20-9-8-19(3)13(20)2/h4,6,8-11,13H,5,7H2,1-3H3. The maximum absolute atomic E-state index is 6.04. The van der Waals surface area contributed by atoms with Crippen molar-refractivity contribution < 1.29 is 4.42 Å². The van der Waals surface area contributed by atoms with E-state index < -0.39 is 0 Å². The van der Waals surface area contributed by atoms with Crippen LogP contribution in [-0.4, -0.2) is 18.1 Å². The number of aryl methyl sites for hydroxylation is 2. The quantitative estimate of drug-likeness (QED) is 0.777. The third-order valence-corrected chi connectivity index (χ3v) is 4.68. The van der Waals surface area contributed by atoms with Gasteiger partial charge in [0.05, 0.1) is 0 Å². The van der Waals surface area contributed by atoms with Crippen molar-refractivity contribution in [2.45, 2.75) is 32.9 Å². The van der Waals surface area contributed by atoms with E-state index in [1.807, 2.05) is 0 Å². The van der Waals surface area contributed by atoms with Crippen molar-refractivity contribution in [1.82, 2.24) is 4.90 Å². The number of benzene rings is 1. The molecule has 4 rings (SSSR count). The summed E-state index contributed by atoms with van der Waals surface area (Å²) in [7, 11) is 2.11. The van der Waals surface area contributed by atoms with Crippen molar-refractivity contribution >= 4 is 22.7 Å². The van der Waals surface area contributed by atoms with E-state index in [0.717, 1.165) is 24.2 Å². The van der Waals surface area contributed by atoms with Crippen LogP contribution in [0.15, 0.2) is 35.0 Å². The minimum Gasteiger partial charge on any atom is -0.460 e. The van der Waals surface area contributed by atoms with Gasteiger partial charge in [-0.05, 0) is 38.0 Å². The number of nitrogens with zero attached hydrogens (tertiary/aromatic N) is 2. The summed E-state index contributed by atoms with van der Waals surface area (Å²) in [5.41, 5.74) is 4.79. The molecule has 2 aromatic rings. The summed E-state index contributed by atoms with van der Waals surface area (Å²) in [5, 5.41) is 1.23. The maximum atomic E-state index is 6.04. The lowest BCUT2D eigenvalue weighted by Crippen LogP contribution is -2.33. The molecule has 1 aliphatic heterocycles. The van der Waals surface area contributed by atoms with Crippen LogP contribution in [0.5, 0.6) is 0 Å². The first-order valence-electron chi connectivity index (χ1n) is 7.56. The highest BCUT2D eigenvalue weighted by molar-refractivity contribution is 5.92. The Kier molecular flexibility index (Phi) is 2.64. The lowest BCUT2D eigenvalue weighted by Gasteiger charge is -2.28. The molecule has 3 nitrogen and oxygen atoms in total. The van der Waals surface area contributed by atoms with Gasteiger partial charge in [-0.25, -0.2) is 0 Å². The molecule has 1 aromatic heterocycles. The van der Waals surface area contributed by atoms with Crippen molar-refractivity contribution in [2.75, 3.05) is 11.9 Å². The van der Waals surface area contributed by atoms with Crippen LogP contribution < -0.4 is 4.90 Å². The first-order chi connectivity index (χ1) is 10.1. The highest BCUT2D eigenvalue weighted by Crippen LogP contribution is 2.36. The predicted molar refractivity (Wildman–Crippen MR) is 87.2 cm³/mol. The van der Waals surface area contributed by atoms with Crippen molar-refractivity contribution in [3.05, 3.63) is 47.5 Å². The molecular formula is C18H20N2O. The van der Waals surface area contributed by atoms with E-state index in [4.69, 9.17) is 4.42 Å². The number of hydrogen-bond acceptors (Lipinski definition) is 3. The number of fused-ring (bicyclic) bond motifs is 3. The van der Waals surface area contributed by atoms with Crippen LogP contribution >= 0.6 is 0 Å². The minimum absolute atomic E-state index is 0.347. The molecule has 1 unspecified atom stereocenters. The summed E-state index contributed by atoms with van der Waals surface area (Å²) in [6.45, 7) is 4.37. The van der Waals surface area contributed by atoms with Crippen LogP contribution in [0, 0.1) is 6.92 Å². The molecule has 1 aliphatic carbocycles. The van der Waals surface area contributed by atoms with Crippen molar-refractivity contribution in [3.8, 4) is 0 Å². The van der Waals surface area contributed by atoms with Crippen LogP contribution in [0.1, 0.15) is 30.2 Å². The first-order valence-corrected chi connectivity index (χ1v) is 7.56. The second-order valence-electron chi connectivity index (χ2n) is 6.02. The Hall–Kier alpha value is -2.16. The Morgan fingerprint density at radius 3 is 2.86 bits per heavy atom. The fraction of sp³-hybridized carbons (Fsp3) is 0.333. The summed E-state index contributed by atoms with van der Waals surface area (Å²) in [6, 6.07) is 4.46. The van der Waals surface area contributed by atoms with Gasteiger partial charge in [-0.15, -0.1) is 0 Å². The van der Waals surface area contributed by atoms with Gasteiger partial charge in [-0.1, -0.05) is 12.2 Å². The van der Waals surface area contributed by atoms with Gasteiger partial charge in [0.25, 0.3) is 0 Å². The van der Waals surface area contributed by atoms with Gasteiger partial charge in [-0.3, -0.25) is 0 Å². The van der Waals surface area contributed by atoms with Gasteiger partial charge in [0.2, 0.25) is 0 Å². The lowest BCUT2D eigenvalue weighted by atomic mass is 10.0. The van der Waals surface area contributed by atoms with Crippen LogP contribution in [0.2, 0.25) is 0 Å². The summed E-state index contributed by atoms with van der Waals surface area (Å²) < 4.78 is 6.04. The summed E-state index contributed by atoms with van der Waals surface area (Å²) in [4.78, 5) is 4.54. The van der Waals surface area contributed by atoms with Gasteiger partial charge >= 0.3 is 0 Å². The molecule has 2 heterocycles. The van der Waals surface area contributed by atoms with E-state index in [1.54, 1.807) is 0 Å². The molecule has 0 bridgehead atoms. The Balaban J connectivity index is 1.89. The normalized spacial score (nSPS) is 20.6. The number of allylic oxidation sites excluding steroid dienone is 1. The van der Waals surface area contributed by atoms with E-state index in [-0.39, 0.29) is 0 Å². The predicted octanol–water partition coefficient (Wildman–Crippen LogP) is 4.27. The maximum Gasteiger partial charge on any atom is 0.135 e. The first kappa shape index (κ1) is 12.6. The average molecular weight is 280 g/mol. The minimum atomic E-state index is 0.347. The van der Waals surface area contributed by atoms with Crippen LogP contribution in [-0.2, 0) is 6.42 Å². The Morgan fingerprint density at radius 2 is 2.10 bits per heavy atom. The van der Waals surface area contributed by atoms with Gasteiger partial charge in [0.1, 0.15) is 17.5 Å². The second kappa shape index (κ2) is 4.42. The SMILES string of the molecule is Cc1cc2oc3c(c2cc1N1C=CN(C)C1C)C=CCC3. The summed E-state index contributed by atoms with van der Waals surface area (Å²) in [5.74, 6) is 1.13. The van der Waals surface area contributed by atoms with Gasteiger partial charge in [0, 0.05) is 42.5 Å². The lowest BCUT2D eigenvalue weighted by molar-refractivity contribution is 0.383. The van der Waals surface area contributed by atoms with Crippen molar-refractivity contribution in [2.24, 2.45) is 0 Å². The monoisotopic (exact) mass is 280 g/mol. The Labute approximate surface area is 125 Å². The van der Waals surface area contributed by atoms with Gasteiger partial charge in [0.15, 0.2) is 0 Å². The fourth-order valence-electron chi connectivity index (χ4n) is 3.27. The molecule has 0 radical (unpaired) electrons. The second-order valence-corrected chi connectivity index (χ2v) is 6.02. The molecule has 0 saturated carbocycles. The van der Waals surface area contributed by atoms with Crippen LogP contribution in [0.3, 0.4) is 0 Å². The third kappa shape index (κ3) is 1.80. The zero-order valence-electron chi connectivity index (χ0n) is 12.8. The average Bonchev–Trinajstić information content (AvgIpc) is 2.99. The molecule has 1 atom stereocenters. The molecule has 2 aliphatic rings. The Bertz CT molecular complexity index is 769. The van der Waals surface area contributed by atoms with E-state index in [1.165, 1.54) is 22.2 Å². The van der Waals surface area contributed by atoms with Crippen molar-refractivity contribution in [3.63, 3.8) is 0 Å². The van der Waals surface area contributed by atoms with E-state index >= 15 is 0 Å². The van der Waals surface area contributed by atoms with Crippen LogP contribution in [0.4, 0.5) is 5.69 Å². The van der Waals surface area contributed by atoms with Crippen molar-refractivity contribution in [1.29, 1.82) is 0 Å². The van der Waals surface area contributed by atoms with Crippen LogP contribution in [0.25, 0.3) is 17.0 Å². The van der Waals surface area contributed by atoms with Gasteiger partial charge in [-0.2, -0.15) is 0 Å². The smallest absolute Gasteiger partial charge is 0.135 e. The molecule has 3 heteroatoms. The molecule has 0 N–H and O–H groups in total. The fourth-order valence-corrected chi connectivity index (χ4v) is 3.27. The molecular weight excluding hydrogens is 260 g/mol. The number of anilines is 1. The highest BCUT2D eigenvalue weighted by atomic mass is 16.3. The highest BCUT2D eigenvalue weighted by Gasteiger charge is 2.23. The third-order valence-electron chi connectivity index (χ3n) is 4.68. The van der Waals surface area contributed by atoms with E-state index in [0.29, 0.717) is 6.17 Å². The molecule has 0 amide bonds. The largest absolute Gasteiger partial charge is 0.460 e. The molecule has 21 heavy (non-hydrogen) atoms. The summed E-state index contributed by atoms with van der Waals surface area (Å²) in [6.07, 6.45) is 11.2. The molecule has 108 valence electrons. The molecule has 0 fully saturated rings. The summed E-state index contributed by atoms with van der Waals surface area (Å²) >= 11 is 0. The van der Waals surface area contributed by atoms with Gasteiger partial charge < -0.3 is 14.2 Å². The molecule has 0 spiro atoms. The zero-order valence-corrected chi connectivity index (χ0v) is 12.8. The molecule has 0 saturated heterocycles. The number of furan rings is 1. The van der Waals surface area contributed by atoms with E-state index in [2.05, 4.69) is 67.4 Å². The zero-order chi connectivity index (χ0) is 14.6. The molecule has 1 aromatic carbocycles. The number of hydrogen-bond donors (Lipinski definition) is 0.